The van der Waals surface area contributed by atoms with E-state index in [9.17, 15) is 0 Å². The van der Waals surface area contributed by atoms with Crippen LogP contribution in [0.4, 0.5) is 5.95 Å². The van der Waals surface area contributed by atoms with Gasteiger partial charge in [0.15, 0.2) is 0 Å². The van der Waals surface area contributed by atoms with Gasteiger partial charge in [0.25, 0.3) is 0 Å². The number of benzene rings is 1. The number of anilines is 1. The molecule has 0 unspecified atom stereocenters. The third-order valence-corrected chi connectivity index (χ3v) is 3.66. The molecule has 5 nitrogen and oxygen atoms in total. The summed E-state index contributed by atoms with van der Waals surface area (Å²) in [5, 5.41) is 4.23. The summed E-state index contributed by atoms with van der Waals surface area (Å²) in [6.07, 6.45) is 0.870. The van der Waals surface area contributed by atoms with E-state index in [1.807, 2.05) is 19.9 Å². The lowest BCUT2D eigenvalue weighted by atomic mass is 9.98. The fraction of sp³-hybridized carbons (Fsp3) is 0.412. The summed E-state index contributed by atoms with van der Waals surface area (Å²) in [5.74, 6) is 1.13. The number of rotatable bonds is 1. The standard InChI is InChI=1S/C17H21N5/c1-10-6-7-14-13(8-10)12(3)19-15(20-14)21-16-18-11(2)9-17(4,5)22-16/h6-8H,9H2,1-5H3,(H,19,20,21,22). The summed E-state index contributed by atoms with van der Waals surface area (Å²) in [5.41, 5.74) is 4.01. The normalized spacial score (nSPS) is 17.1. The maximum atomic E-state index is 4.62. The Morgan fingerprint density at radius 1 is 1.09 bits per heavy atom. The maximum Gasteiger partial charge on any atom is 0.230 e. The fourth-order valence-corrected chi connectivity index (χ4v) is 2.80. The SMILES string of the molecule is CC1=NC(Nc2nc(C)c3cc(C)ccc3n2)=NC(C)(C)C1. The van der Waals surface area contributed by atoms with Gasteiger partial charge in [-0.2, -0.15) is 0 Å². The van der Waals surface area contributed by atoms with Crippen molar-refractivity contribution in [2.45, 2.75) is 46.6 Å². The van der Waals surface area contributed by atoms with Gasteiger partial charge < -0.3 is 0 Å². The van der Waals surface area contributed by atoms with Crippen LogP contribution in [0.2, 0.25) is 0 Å². The number of fused-ring (bicyclic) bond motifs is 1. The molecule has 0 aliphatic carbocycles. The molecule has 0 radical (unpaired) electrons. The zero-order valence-electron chi connectivity index (χ0n) is 13.7. The molecule has 1 aromatic carbocycles. The Morgan fingerprint density at radius 2 is 1.86 bits per heavy atom. The van der Waals surface area contributed by atoms with Crippen LogP contribution in [0.25, 0.3) is 10.9 Å². The molecule has 2 aromatic rings. The molecule has 0 bridgehead atoms. The van der Waals surface area contributed by atoms with Gasteiger partial charge in [0.1, 0.15) is 0 Å². The second-order valence-corrected chi connectivity index (χ2v) is 6.55. The summed E-state index contributed by atoms with van der Waals surface area (Å²) in [7, 11) is 0. The van der Waals surface area contributed by atoms with Crippen molar-refractivity contribution in [3.8, 4) is 0 Å². The van der Waals surface area contributed by atoms with Crippen molar-refractivity contribution in [2.24, 2.45) is 9.98 Å². The number of hydrogen-bond donors (Lipinski definition) is 1. The third kappa shape index (κ3) is 2.98. The van der Waals surface area contributed by atoms with Crippen molar-refractivity contribution in [1.82, 2.24) is 9.97 Å². The minimum atomic E-state index is -0.142. The van der Waals surface area contributed by atoms with Crippen LogP contribution in [-0.2, 0) is 0 Å². The first-order valence-corrected chi connectivity index (χ1v) is 7.48. The molecule has 1 aliphatic rings. The highest BCUT2D eigenvalue weighted by Crippen LogP contribution is 2.22. The van der Waals surface area contributed by atoms with Crippen LogP contribution in [0.5, 0.6) is 0 Å². The molecule has 1 N–H and O–H groups in total. The second-order valence-electron chi connectivity index (χ2n) is 6.55. The maximum absolute atomic E-state index is 4.62. The van der Waals surface area contributed by atoms with Gasteiger partial charge in [-0.25, -0.2) is 20.0 Å². The Bertz CT molecular complexity index is 802. The van der Waals surface area contributed by atoms with E-state index in [-0.39, 0.29) is 5.54 Å². The van der Waals surface area contributed by atoms with Gasteiger partial charge >= 0.3 is 0 Å². The van der Waals surface area contributed by atoms with Gasteiger partial charge in [-0.05, 0) is 46.8 Å². The first-order valence-electron chi connectivity index (χ1n) is 7.48. The molecule has 22 heavy (non-hydrogen) atoms. The highest BCUT2D eigenvalue weighted by molar-refractivity contribution is 6.04. The monoisotopic (exact) mass is 295 g/mol. The molecule has 0 spiro atoms. The zero-order valence-corrected chi connectivity index (χ0v) is 13.7. The number of hydrogen-bond acceptors (Lipinski definition) is 5. The van der Waals surface area contributed by atoms with Crippen molar-refractivity contribution < 1.29 is 0 Å². The number of aromatic nitrogens is 2. The van der Waals surface area contributed by atoms with Crippen LogP contribution < -0.4 is 5.32 Å². The topological polar surface area (TPSA) is 62.5 Å². The zero-order chi connectivity index (χ0) is 15.9. The molecule has 0 fully saturated rings. The van der Waals surface area contributed by atoms with E-state index in [4.69, 9.17) is 0 Å². The van der Waals surface area contributed by atoms with Crippen LogP contribution in [0.1, 0.15) is 38.4 Å². The van der Waals surface area contributed by atoms with Crippen LogP contribution in [-0.4, -0.2) is 27.2 Å². The Morgan fingerprint density at radius 3 is 2.59 bits per heavy atom. The van der Waals surface area contributed by atoms with Crippen LogP contribution in [0, 0.1) is 13.8 Å². The number of nitrogens with zero attached hydrogens (tertiary/aromatic N) is 4. The van der Waals surface area contributed by atoms with E-state index < -0.39 is 0 Å². The Hall–Kier alpha value is -2.30. The Kier molecular flexibility index (Phi) is 3.43. The molecule has 0 atom stereocenters. The molecule has 1 aliphatic heterocycles. The van der Waals surface area contributed by atoms with Crippen LogP contribution in [0.15, 0.2) is 28.2 Å². The average Bonchev–Trinajstić information content (AvgIpc) is 2.37. The van der Waals surface area contributed by atoms with E-state index in [0.29, 0.717) is 11.9 Å². The molecule has 0 saturated carbocycles. The highest BCUT2D eigenvalue weighted by atomic mass is 15.2. The lowest BCUT2D eigenvalue weighted by Crippen LogP contribution is -2.30. The number of aryl methyl sites for hydroxylation is 2. The van der Waals surface area contributed by atoms with Crippen molar-refractivity contribution in [2.75, 3.05) is 5.32 Å². The molecule has 0 amide bonds. The summed E-state index contributed by atoms with van der Waals surface area (Å²) in [4.78, 5) is 18.2. The van der Waals surface area contributed by atoms with Gasteiger partial charge in [-0.3, -0.25) is 5.32 Å². The van der Waals surface area contributed by atoms with Crippen molar-refractivity contribution in [1.29, 1.82) is 0 Å². The average molecular weight is 295 g/mol. The predicted octanol–water partition coefficient (Wildman–Crippen LogP) is 3.66. The van der Waals surface area contributed by atoms with E-state index >= 15 is 0 Å². The molecular weight excluding hydrogens is 274 g/mol. The fourth-order valence-electron chi connectivity index (χ4n) is 2.80. The smallest absolute Gasteiger partial charge is 0.230 e. The van der Waals surface area contributed by atoms with Gasteiger partial charge in [-0.15, -0.1) is 0 Å². The first kappa shape index (κ1) is 14.6. The largest absolute Gasteiger partial charge is 0.293 e. The molecule has 3 rings (SSSR count). The van der Waals surface area contributed by atoms with Crippen LogP contribution in [0.3, 0.4) is 0 Å². The van der Waals surface area contributed by atoms with Gasteiger partial charge in [-0.1, -0.05) is 11.6 Å². The van der Waals surface area contributed by atoms with E-state index in [0.717, 1.165) is 28.7 Å². The predicted molar refractivity (Wildman–Crippen MR) is 91.9 cm³/mol. The highest BCUT2D eigenvalue weighted by Gasteiger charge is 2.23. The number of aliphatic imine (C=N–C) groups is 2. The minimum absolute atomic E-state index is 0.142. The van der Waals surface area contributed by atoms with E-state index in [2.05, 4.69) is 58.2 Å². The quantitative estimate of drug-likeness (QED) is 0.873. The summed E-state index contributed by atoms with van der Waals surface area (Å²) < 4.78 is 0. The lowest BCUT2D eigenvalue weighted by molar-refractivity contribution is 0.538. The van der Waals surface area contributed by atoms with Crippen molar-refractivity contribution >= 4 is 28.5 Å². The minimum Gasteiger partial charge on any atom is -0.293 e. The summed E-state index contributed by atoms with van der Waals surface area (Å²) in [6.45, 7) is 10.3. The summed E-state index contributed by atoms with van der Waals surface area (Å²) >= 11 is 0. The van der Waals surface area contributed by atoms with Gasteiger partial charge in [0.05, 0.1) is 16.7 Å². The molecule has 2 heterocycles. The number of guanidine groups is 1. The van der Waals surface area contributed by atoms with Gasteiger partial charge in [0, 0.05) is 17.5 Å². The second kappa shape index (κ2) is 5.16. The Balaban J connectivity index is 1.98. The van der Waals surface area contributed by atoms with E-state index in [1.54, 1.807) is 0 Å². The molecular formula is C17H21N5. The van der Waals surface area contributed by atoms with E-state index in [1.165, 1.54) is 5.56 Å². The molecule has 114 valence electrons. The van der Waals surface area contributed by atoms with Crippen LogP contribution >= 0.6 is 0 Å². The number of nitrogens with one attached hydrogen (secondary N) is 1. The molecule has 1 aromatic heterocycles. The summed E-state index contributed by atoms with van der Waals surface area (Å²) in [6, 6.07) is 6.19. The molecule has 0 saturated heterocycles. The third-order valence-electron chi connectivity index (χ3n) is 3.66. The Labute approximate surface area is 130 Å². The van der Waals surface area contributed by atoms with Gasteiger partial charge in [0.2, 0.25) is 11.9 Å². The lowest BCUT2D eigenvalue weighted by Gasteiger charge is -2.24. The first-order chi connectivity index (χ1) is 10.3. The molecule has 5 heteroatoms. The van der Waals surface area contributed by atoms with Crippen molar-refractivity contribution in [3.63, 3.8) is 0 Å². The van der Waals surface area contributed by atoms with Crippen molar-refractivity contribution in [3.05, 3.63) is 29.5 Å².